The van der Waals surface area contributed by atoms with Crippen LogP contribution in [-0.2, 0) is 17.6 Å². The van der Waals surface area contributed by atoms with E-state index in [1.165, 1.54) is 5.56 Å². The van der Waals surface area contributed by atoms with Gasteiger partial charge in [0.25, 0.3) is 0 Å². The Kier molecular flexibility index (Phi) is 6.46. The number of benzene rings is 2. The Labute approximate surface area is 159 Å². The van der Waals surface area contributed by atoms with Gasteiger partial charge in [-0.3, -0.25) is 0 Å². The van der Waals surface area contributed by atoms with Gasteiger partial charge in [-0.25, -0.2) is 0 Å². The molecule has 1 aliphatic rings. The van der Waals surface area contributed by atoms with Crippen LogP contribution in [0.15, 0.2) is 48.5 Å². The van der Waals surface area contributed by atoms with Crippen LogP contribution in [0, 0.1) is 0 Å². The summed E-state index contributed by atoms with van der Waals surface area (Å²) < 4.78 is 5.55. The van der Waals surface area contributed by atoms with Crippen LogP contribution in [0.2, 0.25) is 0 Å². The lowest BCUT2D eigenvalue weighted by Crippen LogP contribution is -2.60. The molecule has 0 saturated carbocycles. The average Bonchev–Trinajstić information content (AvgIpc) is 2.70. The molecule has 146 valence electrons. The van der Waals surface area contributed by atoms with Crippen molar-refractivity contribution in [2.75, 3.05) is 11.9 Å². The third kappa shape index (κ3) is 4.48. The van der Waals surface area contributed by atoms with Crippen molar-refractivity contribution >= 4 is 5.69 Å². The average molecular weight is 373 g/mol. The Morgan fingerprint density at radius 1 is 0.889 bits per heavy atom. The van der Waals surface area contributed by atoms with Crippen LogP contribution in [0.1, 0.15) is 23.6 Å². The van der Waals surface area contributed by atoms with Gasteiger partial charge in [-0.15, -0.1) is 0 Å². The first kappa shape index (κ1) is 19.8. The van der Waals surface area contributed by atoms with Gasteiger partial charge in [0, 0.05) is 5.69 Å². The minimum atomic E-state index is -1.40. The van der Waals surface area contributed by atoms with Crippen molar-refractivity contribution in [2.45, 2.75) is 50.4 Å². The largest absolute Gasteiger partial charge is 0.394 e. The van der Waals surface area contributed by atoms with Crippen LogP contribution in [0.3, 0.4) is 0 Å². The summed E-state index contributed by atoms with van der Waals surface area (Å²) in [7, 11) is 0. The van der Waals surface area contributed by atoms with Crippen molar-refractivity contribution in [3.63, 3.8) is 0 Å². The van der Waals surface area contributed by atoms with Crippen molar-refractivity contribution in [3.05, 3.63) is 65.2 Å². The fraction of sp³-hybridized carbons (Fsp3) is 0.429. The van der Waals surface area contributed by atoms with Crippen LogP contribution in [0.25, 0.3) is 0 Å². The highest BCUT2D eigenvalue weighted by Crippen LogP contribution is 2.26. The number of aryl methyl sites for hydroxylation is 1. The summed E-state index contributed by atoms with van der Waals surface area (Å²) in [6, 6.07) is 16.1. The summed E-state index contributed by atoms with van der Waals surface area (Å²) in [6.45, 7) is 1.67. The standard InChI is InChI=1S/C21H27NO5/c1-2-13-7-9-14(10-8-13)11-15-5-3-4-6-16(15)22-21-20(26)19(25)18(24)17(12-23)27-21/h3-10,17-26H,2,11-12H2,1H3/t17-,18-,19+,20-,21-/m1/s1. The number of ether oxygens (including phenoxy) is 1. The molecule has 1 fully saturated rings. The molecule has 0 radical (unpaired) electrons. The van der Waals surface area contributed by atoms with E-state index in [0.29, 0.717) is 6.42 Å². The fourth-order valence-electron chi connectivity index (χ4n) is 3.30. The molecule has 2 aromatic carbocycles. The summed E-state index contributed by atoms with van der Waals surface area (Å²) in [4.78, 5) is 0. The van der Waals surface area contributed by atoms with E-state index in [1.54, 1.807) is 0 Å². The van der Waals surface area contributed by atoms with Gasteiger partial charge in [0.05, 0.1) is 6.61 Å². The number of hydrogen-bond donors (Lipinski definition) is 5. The second-order valence-corrected chi connectivity index (χ2v) is 6.90. The highest BCUT2D eigenvalue weighted by Gasteiger charge is 2.43. The zero-order valence-electron chi connectivity index (χ0n) is 15.3. The van der Waals surface area contributed by atoms with Gasteiger partial charge in [-0.05, 0) is 35.6 Å². The highest BCUT2D eigenvalue weighted by atomic mass is 16.6. The monoisotopic (exact) mass is 373 g/mol. The molecule has 5 atom stereocenters. The van der Waals surface area contributed by atoms with Crippen LogP contribution < -0.4 is 5.32 Å². The maximum absolute atomic E-state index is 10.2. The normalized spacial score (nSPS) is 28.1. The summed E-state index contributed by atoms with van der Waals surface area (Å²) in [5.74, 6) is 0. The van der Waals surface area contributed by atoms with Gasteiger partial charge >= 0.3 is 0 Å². The Balaban J connectivity index is 1.77. The molecule has 0 unspecified atom stereocenters. The molecular formula is C21H27NO5. The highest BCUT2D eigenvalue weighted by molar-refractivity contribution is 5.53. The Bertz CT molecular complexity index is 734. The second-order valence-electron chi connectivity index (χ2n) is 6.90. The molecule has 1 saturated heterocycles. The lowest BCUT2D eigenvalue weighted by atomic mass is 9.97. The molecule has 0 aliphatic carbocycles. The minimum absolute atomic E-state index is 0.450. The van der Waals surface area contributed by atoms with E-state index in [1.807, 2.05) is 24.3 Å². The summed E-state index contributed by atoms with van der Waals surface area (Å²) in [6.07, 6.45) is -4.27. The molecule has 6 heteroatoms. The minimum Gasteiger partial charge on any atom is -0.394 e. The zero-order valence-corrected chi connectivity index (χ0v) is 15.3. The molecule has 27 heavy (non-hydrogen) atoms. The number of aliphatic hydroxyl groups excluding tert-OH is 4. The number of rotatable bonds is 6. The van der Waals surface area contributed by atoms with E-state index in [-0.39, 0.29) is 0 Å². The molecule has 5 N–H and O–H groups in total. The Hall–Kier alpha value is -1.96. The zero-order chi connectivity index (χ0) is 19.4. The Morgan fingerprint density at radius 2 is 1.56 bits per heavy atom. The van der Waals surface area contributed by atoms with Crippen LogP contribution in [0.4, 0.5) is 5.69 Å². The molecule has 0 amide bonds. The molecule has 3 rings (SSSR count). The van der Waals surface area contributed by atoms with Gasteiger partial charge in [0.2, 0.25) is 0 Å². The predicted octanol–water partition coefficient (Wildman–Crippen LogP) is 1.05. The van der Waals surface area contributed by atoms with Crippen LogP contribution in [-0.4, -0.2) is 57.7 Å². The molecular weight excluding hydrogens is 346 g/mol. The van der Waals surface area contributed by atoms with Gasteiger partial charge < -0.3 is 30.5 Å². The molecule has 1 heterocycles. The predicted molar refractivity (Wildman–Crippen MR) is 102 cm³/mol. The van der Waals surface area contributed by atoms with E-state index in [4.69, 9.17) is 4.74 Å². The van der Waals surface area contributed by atoms with Crippen molar-refractivity contribution in [3.8, 4) is 0 Å². The van der Waals surface area contributed by atoms with E-state index < -0.39 is 37.3 Å². The molecule has 0 bridgehead atoms. The number of para-hydroxylation sites is 1. The number of hydrogen-bond acceptors (Lipinski definition) is 6. The van der Waals surface area contributed by atoms with Crippen LogP contribution >= 0.6 is 0 Å². The van der Waals surface area contributed by atoms with Gasteiger partial charge in [0.15, 0.2) is 6.23 Å². The summed E-state index contributed by atoms with van der Waals surface area (Å²) in [5, 5.41) is 42.6. The maximum Gasteiger partial charge on any atom is 0.157 e. The van der Waals surface area contributed by atoms with Crippen molar-refractivity contribution in [1.82, 2.24) is 0 Å². The third-order valence-electron chi connectivity index (χ3n) is 5.03. The molecule has 0 aromatic heterocycles. The van der Waals surface area contributed by atoms with Crippen molar-refractivity contribution in [1.29, 1.82) is 0 Å². The topological polar surface area (TPSA) is 102 Å². The first-order valence-corrected chi connectivity index (χ1v) is 9.26. The van der Waals surface area contributed by atoms with Gasteiger partial charge in [0.1, 0.15) is 24.4 Å². The van der Waals surface area contributed by atoms with Gasteiger partial charge in [-0.1, -0.05) is 49.4 Å². The van der Waals surface area contributed by atoms with Crippen molar-refractivity contribution < 1.29 is 25.2 Å². The molecule has 6 nitrogen and oxygen atoms in total. The number of aliphatic hydroxyl groups is 4. The number of anilines is 1. The summed E-state index contributed by atoms with van der Waals surface area (Å²) >= 11 is 0. The van der Waals surface area contributed by atoms with Crippen molar-refractivity contribution in [2.24, 2.45) is 0 Å². The molecule has 2 aromatic rings. The third-order valence-corrected chi connectivity index (χ3v) is 5.03. The fourth-order valence-corrected chi connectivity index (χ4v) is 3.30. The first-order chi connectivity index (χ1) is 13.0. The lowest BCUT2D eigenvalue weighted by molar-refractivity contribution is -0.221. The van der Waals surface area contributed by atoms with E-state index >= 15 is 0 Å². The SMILES string of the molecule is CCc1ccc(Cc2ccccc2N[C@@H]2O[C@H](CO)[C@@H](O)[C@H](O)[C@H]2O)cc1. The van der Waals surface area contributed by atoms with E-state index in [9.17, 15) is 20.4 Å². The second kappa shape index (κ2) is 8.82. The molecule has 0 spiro atoms. The van der Waals surface area contributed by atoms with E-state index in [0.717, 1.165) is 23.2 Å². The maximum atomic E-state index is 10.2. The van der Waals surface area contributed by atoms with Crippen LogP contribution in [0.5, 0.6) is 0 Å². The Morgan fingerprint density at radius 3 is 2.22 bits per heavy atom. The van der Waals surface area contributed by atoms with Gasteiger partial charge in [-0.2, -0.15) is 0 Å². The quantitative estimate of drug-likeness (QED) is 0.519. The summed E-state index contributed by atoms with van der Waals surface area (Å²) in [5.41, 5.74) is 4.22. The molecule has 1 aliphatic heterocycles. The first-order valence-electron chi connectivity index (χ1n) is 9.26. The lowest BCUT2D eigenvalue weighted by Gasteiger charge is -2.40. The van der Waals surface area contributed by atoms with E-state index in [2.05, 4.69) is 36.5 Å². The number of nitrogens with one attached hydrogen (secondary N) is 1. The smallest absolute Gasteiger partial charge is 0.157 e.